The molecule has 0 amide bonds. The number of anilines is 3. The quantitative estimate of drug-likeness (QED) is 0.716. The number of hydrogen-bond acceptors (Lipinski definition) is 4. The average Bonchev–Trinajstić information content (AvgIpc) is 2.46. The Kier molecular flexibility index (Phi) is 4.82. The maximum Gasteiger partial charge on any atom is 0.242 e. The van der Waals surface area contributed by atoms with Crippen LogP contribution >= 0.6 is 0 Å². The van der Waals surface area contributed by atoms with Crippen molar-refractivity contribution in [2.45, 2.75) is 18.2 Å². The Hall–Kier alpha value is -2.05. The Morgan fingerprint density at radius 1 is 1.10 bits per heavy atom. The molecule has 4 N–H and O–H groups in total. The van der Waals surface area contributed by atoms with Crippen LogP contribution in [0.5, 0.6) is 0 Å². The van der Waals surface area contributed by atoms with Gasteiger partial charge in [0, 0.05) is 17.9 Å². The fraction of sp³-hybridized carbons (Fsp3) is 0.200. The van der Waals surface area contributed by atoms with Crippen molar-refractivity contribution in [3.63, 3.8) is 0 Å². The molecule has 6 heteroatoms. The third-order valence-corrected chi connectivity index (χ3v) is 4.40. The summed E-state index contributed by atoms with van der Waals surface area (Å²) in [5, 5.41) is 3.10. The first kappa shape index (κ1) is 15.3. The number of nitrogens with one attached hydrogen (secondary N) is 2. The van der Waals surface area contributed by atoms with Crippen LogP contribution in [0, 0.1) is 0 Å². The molecule has 0 heterocycles. The van der Waals surface area contributed by atoms with Gasteiger partial charge in [-0.05, 0) is 36.8 Å². The van der Waals surface area contributed by atoms with Crippen LogP contribution in [0.4, 0.5) is 17.1 Å². The van der Waals surface area contributed by atoms with Crippen LogP contribution in [0.1, 0.15) is 13.3 Å². The van der Waals surface area contributed by atoms with E-state index in [0.717, 1.165) is 12.1 Å². The molecule has 0 saturated carbocycles. The zero-order valence-corrected chi connectivity index (χ0v) is 12.7. The maximum absolute atomic E-state index is 12.3. The molecule has 0 unspecified atom stereocenters. The van der Waals surface area contributed by atoms with E-state index >= 15 is 0 Å². The van der Waals surface area contributed by atoms with Crippen LogP contribution < -0.4 is 15.8 Å². The predicted octanol–water partition coefficient (Wildman–Crippen LogP) is 2.70. The van der Waals surface area contributed by atoms with Crippen molar-refractivity contribution in [3.05, 3.63) is 48.5 Å². The van der Waals surface area contributed by atoms with Gasteiger partial charge in [0.15, 0.2) is 0 Å². The summed E-state index contributed by atoms with van der Waals surface area (Å²) >= 11 is 0. The summed E-state index contributed by atoms with van der Waals surface area (Å²) in [7, 11) is -3.53. The lowest BCUT2D eigenvalue weighted by atomic mass is 10.2. The maximum atomic E-state index is 12.3. The summed E-state index contributed by atoms with van der Waals surface area (Å²) in [6.45, 7) is 2.33. The Morgan fingerprint density at radius 3 is 2.57 bits per heavy atom. The van der Waals surface area contributed by atoms with Crippen LogP contribution in [-0.2, 0) is 10.0 Å². The van der Waals surface area contributed by atoms with Crippen molar-refractivity contribution in [3.8, 4) is 0 Å². The van der Waals surface area contributed by atoms with Gasteiger partial charge in [-0.3, -0.25) is 0 Å². The zero-order chi connectivity index (χ0) is 15.3. The predicted molar refractivity (Wildman–Crippen MR) is 86.1 cm³/mol. The number of rotatable bonds is 6. The Labute approximate surface area is 125 Å². The number of nitrogens with two attached hydrogens (primary N) is 1. The third-order valence-electron chi connectivity index (χ3n) is 2.88. The highest BCUT2D eigenvalue weighted by atomic mass is 32.2. The molecule has 2 aromatic carbocycles. The van der Waals surface area contributed by atoms with E-state index in [1.54, 1.807) is 36.4 Å². The normalized spacial score (nSPS) is 11.3. The smallest absolute Gasteiger partial charge is 0.242 e. The van der Waals surface area contributed by atoms with Crippen molar-refractivity contribution in [2.75, 3.05) is 17.6 Å². The first-order valence-electron chi connectivity index (χ1n) is 6.74. The molecule has 2 aromatic rings. The molecule has 0 saturated heterocycles. The lowest BCUT2D eigenvalue weighted by Gasteiger charge is -2.13. The summed E-state index contributed by atoms with van der Waals surface area (Å²) in [4.78, 5) is 0.223. The highest BCUT2D eigenvalue weighted by Crippen LogP contribution is 2.25. The van der Waals surface area contributed by atoms with Gasteiger partial charge in [-0.1, -0.05) is 25.1 Å². The molecule has 21 heavy (non-hydrogen) atoms. The first-order chi connectivity index (χ1) is 10.0. The summed E-state index contributed by atoms with van der Waals surface area (Å²) < 4.78 is 27.2. The van der Waals surface area contributed by atoms with E-state index in [2.05, 4.69) is 10.0 Å². The molecule has 0 spiro atoms. The van der Waals surface area contributed by atoms with Crippen molar-refractivity contribution < 1.29 is 8.42 Å². The molecule has 0 fully saturated rings. The second kappa shape index (κ2) is 6.60. The molecule has 0 aliphatic heterocycles. The van der Waals surface area contributed by atoms with Crippen molar-refractivity contribution in [1.29, 1.82) is 0 Å². The molecule has 0 aromatic heterocycles. The van der Waals surface area contributed by atoms with Gasteiger partial charge in [0.25, 0.3) is 0 Å². The fourth-order valence-corrected chi connectivity index (χ4v) is 3.19. The molecule has 0 aliphatic carbocycles. The average molecular weight is 305 g/mol. The van der Waals surface area contributed by atoms with Crippen molar-refractivity contribution in [2.24, 2.45) is 0 Å². The Bertz CT molecular complexity index is 714. The Balaban J connectivity index is 2.33. The van der Waals surface area contributed by atoms with E-state index in [4.69, 9.17) is 5.73 Å². The van der Waals surface area contributed by atoms with Crippen LogP contribution in [0.15, 0.2) is 53.4 Å². The van der Waals surface area contributed by atoms with E-state index in [-0.39, 0.29) is 4.90 Å². The fourth-order valence-electron chi connectivity index (χ4n) is 1.89. The van der Waals surface area contributed by atoms with E-state index in [1.807, 2.05) is 19.1 Å². The molecule has 5 nitrogen and oxygen atoms in total. The van der Waals surface area contributed by atoms with Crippen LogP contribution in [0.2, 0.25) is 0 Å². The number of nitrogen functional groups attached to an aromatic ring is 1. The lowest BCUT2D eigenvalue weighted by Crippen LogP contribution is -2.25. The van der Waals surface area contributed by atoms with Gasteiger partial charge in [-0.15, -0.1) is 0 Å². The van der Waals surface area contributed by atoms with Gasteiger partial charge in [0.1, 0.15) is 4.90 Å². The van der Waals surface area contributed by atoms with E-state index in [0.29, 0.717) is 17.9 Å². The van der Waals surface area contributed by atoms with Gasteiger partial charge < -0.3 is 11.1 Å². The minimum absolute atomic E-state index is 0.223. The topological polar surface area (TPSA) is 84.2 Å². The third kappa shape index (κ3) is 3.96. The summed E-state index contributed by atoms with van der Waals surface area (Å²) in [6.07, 6.45) is 0.740. The minimum Gasteiger partial charge on any atom is -0.399 e. The number of benzene rings is 2. The molecular weight excluding hydrogens is 286 g/mol. The highest BCUT2D eigenvalue weighted by molar-refractivity contribution is 7.89. The number of hydrogen-bond donors (Lipinski definition) is 3. The monoisotopic (exact) mass is 305 g/mol. The van der Waals surface area contributed by atoms with Gasteiger partial charge in [0.2, 0.25) is 10.0 Å². The van der Waals surface area contributed by atoms with Crippen molar-refractivity contribution >= 4 is 27.1 Å². The molecule has 0 radical (unpaired) electrons. The van der Waals surface area contributed by atoms with E-state index in [1.165, 1.54) is 0 Å². The highest BCUT2D eigenvalue weighted by Gasteiger charge is 2.17. The van der Waals surface area contributed by atoms with Gasteiger partial charge in [0.05, 0.1) is 5.69 Å². The first-order valence-corrected chi connectivity index (χ1v) is 8.22. The molecule has 0 atom stereocenters. The van der Waals surface area contributed by atoms with E-state index in [9.17, 15) is 8.42 Å². The van der Waals surface area contributed by atoms with Gasteiger partial charge >= 0.3 is 0 Å². The van der Waals surface area contributed by atoms with Gasteiger partial charge in [-0.2, -0.15) is 0 Å². The molecular formula is C15H19N3O2S. The molecule has 0 bridgehead atoms. The van der Waals surface area contributed by atoms with E-state index < -0.39 is 10.0 Å². The summed E-state index contributed by atoms with van der Waals surface area (Å²) in [5.74, 6) is 0. The lowest BCUT2D eigenvalue weighted by molar-refractivity contribution is 0.581. The molecule has 2 rings (SSSR count). The number of sulfonamides is 1. The van der Waals surface area contributed by atoms with Crippen LogP contribution in [-0.4, -0.2) is 15.0 Å². The summed E-state index contributed by atoms with van der Waals surface area (Å²) in [6, 6.07) is 14.0. The Morgan fingerprint density at radius 2 is 1.86 bits per heavy atom. The second-order valence-corrected chi connectivity index (χ2v) is 6.38. The molecule has 0 aliphatic rings. The van der Waals surface area contributed by atoms with Gasteiger partial charge in [-0.25, -0.2) is 13.1 Å². The SMILES string of the molecule is CCCNS(=O)(=O)c1ccccc1Nc1cccc(N)c1. The van der Waals surface area contributed by atoms with Crippen molar-refractivity contribution in [1.82, 2.24) is 4.72 Å². The second-order valence-electron chi connectivity index (χ2n) is 4.64. The van der Waals surface area contributed by atoms with Crippen LogP contribution in [0.3, 0.4) is 0 Å². The summed E-state index contributed by atoms with van der Waals surface area (Å²) in [5.41, 5.74) is 7.61. The minimum atomic E-state index is -3.53. The number of para-hydroxylation sites is 1. The molecule has 112 valence electrons. The largest absolute Gasteiger partial charge is 0.399 e. The zero-order valence-electron chi connectivity index (χ0n) is 11.8. The standard InChI is InChI=1S/C15H19N3O2S/c1-2-10-17-21(19,20)15-9-4-3-8-14(15)18-13-7-5-6-12(16)11-13/h3-9,11,17-18H,2,10,16H2,1H3. The van der Waals surface area contributed by atoms with Crippen LogP contribution in [0.25, 0.3) is 0 Å².